The summed E-state index contributed by atoms with van der Waals surface area (Å²) in [7, 11) is -1.10. The zero-order valence-corrected chi connectivity index (χ0v) is 12.2. The average Bonchev–Trinajstić information content (AvgIpc) is 2.89. The first-order valence-corrected chi connectivity index (χ1v) is 8.08. The number of thiocarbonyl (C=S) groups is 1. The molecule has 0 spiro atoms. The Morgan fingerprint density at radius 3 is 2.67 bits per heavy atom. The van der Waals surface area contributed by atoms with Gasteiger partial charge in [0.05, 0.1) is 19.8 Å². The maximum absolute atomic E-state index is 5.41. The van der Waals surface area contributed by atoms with Gasteiger partial charge in [0.15, 0.2) is 5.11 Å². The van der Waals surface area contributed by atoms with Crippen LogP contribution in [0.25, 0.3) is 0 Å². The second-order valence-electron chi connectivity index (χ2n) is 4.46. The molecule has 0 aromatic heterocycles. The molecular formula is C11H21N2O3PS. The lowest BCUT2D eigenvalue weighted by molar-refractivity contribution is 0.251. The summed E-state index contributed by atoms with van der Waals surface area (Å²) in [4.78, 5) is 0. The van der Waals surface area contributed by atoms with Crippen LogP contribution in [-0.2, 0) is 13.6 Å². The highest BCUT2D eigenvalue weighted by Crippen LogP contribution is 2.42. The van der Waals surface area contributed by atoms with Crippen LogP contribution in [0.2, 0.25) is 0 Å². The standard InChI is InChI=1S/C11H21N2O3PS/c18-11(13-10-4-2-1-3-5-10)12-6-7-14-17-15-8-9-16-17/h10H,1-9H2,(H2,12,13,18). The molecule has 2 aliphatic rings. The van der Waals surface area contributed by atoms with Crippen LogP contribution in [0.4, 0.5) is 0 Å². The molecule has 1 saturated heterocycles. The molecule has 104 valence electrons. The van der Waals surface area contributed by atoms with E-state index >= 15 is 0 Å². The minimum absolute atomic E-state index is 0.547. The lowest BCUT2D eigenvalue weighted by Crippen LogP contribution is -2.43. The van der Waals surface area contributed by atoms with E-state index in [1.165, 1.54) is 32.1 Å². The SMILES string of the molecule is S=C(NCCOP1OCCO1)NC1CCCCC1. The third kappa shape index (κ3) is 5.33. The van der Waals surface area contributed by atoms with E-state index in [0.29, 0.717) is 32.4 Å². The highest BCUT2D eigenvalue weighted by Gasteiger charge is 2.18. The minimum Gasteiger partial charge on any atom is -0.360 e. The molecule has 0 amide bonds. The van der Waals surface area contributed by atoms with Gasteiger partial charge in [-0.25, -0.2) is 0 Å². The molecule has 2 fully saturated rings. The molecule has 0 atom stereocenters. The van der Waals surface area contributed by atoms with Crippen LogP contribution >= 0.6 is 20.8 Å². The Morgan fingerprint density at radius 2 is 1.94 bits per heavy atom. The summed E-state index contributed by atoms with van der Waals surface area (Å²) in [6.45, 7) is 2.52. The molecule has 1 aliphatic carbocycles. The molecule has 5 nitrogen and oxygen atoms in total. The third-order valence-corrected chi connectivity index (χ3v) is 4.44. The molecule has 0 radical (unpaired) electrons. The van der Waals surface area contributed by atoms with Gasteiger partial charge >= 0.3 is 8.60 Å². The van der Waals surface area contributed by atoms with Crippen molar-refractivity contribution >= 4 is 25.9 Å². The maximum Gasteiger partial charge on any atom is 0.332 e. The normalized spacial score (nSPS) is 22.0. The van der Waals surface area contributed by atoms with Crippen molar-refractivity contribution in [3.63, 3.8) is 0 Å². The smallest absolute Gasteiger partial charge is 0.332 e. The van der Waals surface area contributed by atoms with E-state index < -0.39 is 8.60 Å². The van der Waals surface area contributed by atoms with E-state index in [1.807, 2.05) is 0 Å². The molecule has 2 rings (SSSR count). The first kappa shape index (κ1) is 14.4. The van der Waals surface area contributed by atoms with Crippen molar-refractivity contribution in [3.05, 3.63) is 0 Å². The van der Waals surface area contributed by atoms with E-state index in [2.05, 4.69) is 10.6 Å². The van der Waals surface area contributed by atoms with Gasteiger partial charge in [0.1, 0.15) is 0 Å². The summed E-state index contributed by atoms with van der Waals surface area (Å²) in [5.74, 6) is 0. The first-order valence-electron chi connectivity index (χ1n) is 6.58. The molecule has 0 unspecified atom stereocenters. The fourth-order valence-electron chi connectivity index (χ4n) is 2.10. The Bertz CT molecular complexity index is 259. The van der Waals surface area contributed by atoms with Gasteiger partial charge in [-0.3, -0.25) is 0 Å². The summed E-state index contributed by atoms with van der Waals surface area (Å²) in [6.07, 6.45) is 6.43. The molecule has 1 saturated carbocycles. The monoisotopic (exact) mass is 292 g/mol. The Hall–Kier alpha value is -0.0000000000000000555. The molecule has 0 aromatic rings. The van der Waals surface area contributed by atoms with Crippen molar-refractivity contribution in [3.8, 4) is 0 Å². The molecule has 1 aliphatic heterocycles. The number of hydrogen-bond donors (Lipinski definition) is 2. The van der Waals surface area contributed by atoms with E-state index in [-0.39, 0.29) is 0 Å². The minimum atomic E-state index is -1.10. The summed E-state index contributed by atoms with van der Waals surface area (Å²) in [6, 6.07) is 0.547. The zero-order valence-electron chi connectivity index (χ0n) is 10.5. The van der Waals surface area contributed by atoms with Crippen LogP contribution < -0.4 is 10.6 Å². The molecular weight excluding hydrogens is 271 g/mol. The quantitative estimate of drug-likeness (QED) is 0.460. The van der Waals surface area contributed by atoms with Crippen LogP contribution in [0.5, 0.6) is 0 Å². The average molecular weight is 292 g/mol. The summed E-state index contributed by atoms with van der Waals surface area (Å²) < 4.78 is 15.9. The third-order valence-electron chi connectivity index (χ3n) is 3.00. The van der Waals surface area contributed by atoms with Crippen LogP contribution in [0.1, 0.15) is 32.1 Å². The Labute approximate surface area is 115 Å². The van der Waals surface area contributed by atoms with Crippen molar-refractivity contribution in [2.75, 3.05) is 26.4 Å². The van der Waals surface area contributed by atoms with Gasteiger partial charge < -0.3 is 24.2 Å². The van der Waals surface area contributed by atoms with Gasteiger partial charge in [0.2, 0.25) is 0 Å². The van der Waals surface area contributed by atoms with Crippen molar-refractivity contribution in [2.45, 2.75) is 38.1 Å². The molecule has 18 heavy (non-hydrogen) atoms. The Morgan fingerprint density at radius 1 is 1.22 bits per heavy atom. The lowest BCUT2D eigenvalue weighted by atomic mass is 9.96. The second-order valence-corrected chi connectivity index (χ2v) is 6.09. The fraction of sp³-hybridized carbons (Fsp3) is 0.909. The maximum atomic E-state index is 5.41. The Balaban J connectivity index is 1.48. The van der Waals surface area contributed by atoms with Crippen molar-refractivity contribution in [1.82, 2.24) is 10.6 Å². The number of rotatable bonds is 5. The van der Waals surface area contributed by atoms with Gasteiger partial charge in [-0.2, -0.15) is 0 Å². The van der Waals surface area contributed by atoms with Gasteiger partial charge in [-0.05, 0) is 25.1 Å². The fourth-order valence-corrected chi connectivity index (χ4v) is 3.28. The van der Waals surface area contributed by atoms with E-state index in [1.54, 1.807) is 0 Å². The van der Waals surface area contributed by atoms with Crippen molar-refractivity contribution in [2.24, 2.45) is 0 Å². The van der Waals surface area contributed by atoms with Crippen LogP contribution in [0.3, 0.4) is 0 Å². The molecule has 1 heterocycles. The van der Waals surface area contributed by atoms with E-state index in [4.69, 9.17) is 25.8 Å². The summed E-state index contributed by atoms with van der Waals surface area (Å²) in [5, 5.41) is 7.23. The molecule has 0 bridgehead atoms. The lowest BCUT2D eigenvalue weighted by Gasteiger charge is -2.24. The van der Waals surface area contributed by atoms with Gasteiger partial charge in [-0.15, -0.1) is 0 Å². The van der Waals surface area contributed by atoms with Crippen LogP contribution in [0.15, 0.2) is 0 Å². The topological polar surface area (TPSA) is 51.8 Å². The zero-order chi connectivity index (χ0) is 12.6. The molecule has 2 N–H and O–H groups in total. The predicted octanol–water partition coefficient (Wildman–Crippen LogP) is 2.07. The first-order chi connectivity index (χ1) is 8.84. The van der Waals surface area contributed by atoms with Crippen molar-refractivity contribution < 1.29 is 13.6 Å². The van der Waals surface area contributed by atoms with E-state index in [9.17, 15) is 0 Å². The van der Waals surface area contributed by atoms with Gasteiger partial charge in [0.25, 0.3) is 0 Å². The largest absolute Gasteiger partial charge is 0.360 e. The number of hydrogen-bond acceptors (Lipinski definition) is 4. The molecule has 0 aromatic carbocycles. The van der Waals surface area contributed by atoms with Crippen molar-refractivity contribution in [1.29, 1.82) is 0 Å². The molecule has 7 heteroatoms. The summed E-state index contributed by atoms with van der Waals surface area (Å²) >= 11 is 5.25. The van der Waals surface area contributed by atoms with Gasteiger partial charge in [0, 0.05) is 12.6 Å². The van der Waals surface area contributed by atoms with Gasteiger partial charge in [-0.1, -0.05) is 19.3 Å². The second kappa shape index (κ2) is 8.23. The number of nitrogens with one attached hydrogen (secondary N) is 2. The Kier molecular flexibility index (Phi) is 6.59. The predicted molar refractivity (Wildman–Crippen MR) is 75.4 cm³/mol. The summed E-state index contributed by atoms with van der Waals surface area (Å²) in [5.41, 5.74) is 0. The van der Waals surface area contributed by atoms with Crippen LogP contribution in [0, 0.1) is 0 Å². The van der Waals surface area contributed by atoms with E-state index in [0.717, 1.165) is 5.11 Å². The highest BCUT2D eigenvalue weighted by molar-refractivity contribution is 7.80. The highest BCUT2D eigenvalue weighted by atomic mass is 32.1. The van der Waals surface area contributed by atoms with Crippen LogP contribution in [-0.4, -0.2) is 37.5 Å².